The molecular weight excluding hydrogens is 274 g/mol. The molecule has 22 heavy (non-hydrogen) atoms. The number of nitrogens with zero attached hydrogens (tertiary/aromatic N) is 1. The second-order valence-electron chi connectivity index (χ2n) is 5.36. The Balaban J connectivity index is 1.90. The summed E-state index contributed by atoms with van der Waals surface area (Å²) < 4.78 is 5.58. The standard InChI is InChI=1S/C19H19NO2/c1-3-12-22-15-10-8-14(9-11-15)13-17-16-6-4-5-7-18(16)20(2)19(17)21/h4-11,13H,3,12H2,1-2H3/b17-13+. The lowest BCUT2D eigenvalue weighted by molar-refractivity contribution is -0.112. The van der Waals surface area contributed by atoms with Crippen LogP contribution in [0.3, 0.4) is 0 Å². The van der Waals surface area contributed by atoms with Crippen molar-refractivity contribution in [1.29, 1.82) is 0 Å². The van der Waals surface area contributed by atoms with Crippen LogP contribution < -0.4 is 9.64 Å². The summed E-state index contributed by atoms with van der Waals surface area (Å²) in [5, 5.41) is 0. The number of hydrogen-bond acceptors (Lipinski definition) is 2. The third kappa shape index (κ3) is 2.62. The minimum atomic E-state index is 0.0347. The molecule has 0 atom stereocenters. The van der Waals surface area contributed by atoms with E-state index in [1.54, 1.807) is 4.90 Å². The van der Waals surface area contributed by atoms with Gasteiger partial charge in [0.2, 0.25) is 0 Å². The molecule has 0 N–H and O–H groups in total. The topological polar surface area (TPSA) is 29.5 Å². The average Bonchev–Trinajstić information content (AvgIpc) is 2.80. The van der Waals surface area contributed by atoms with Gasteiger partial charge in [-0.25, -0.2) is 0 Å². The fourth-order valence-corrected chi connectivity index (χ4v) is 2.59. The third-order valence-corrected chi connectivity index (χ3v) is 3.75. The molecule has 1 amide bonds. The predicted molar refractivity (Wildman–Crippen MR) is 90.0 cm³/mol. The summed E-state index contributed by atoms with van der Waals surface area (Å²) in [5.41, 5.74) is 3.68. The van der Waals surface area contributed by atoms with E-state index in [1.807, 2.05) is 61.7 Å². The first-order valence-corrected chi connectivity index (χ1v) is 7.52. The Morgan fingerprint density at radius 2 is 1.82 bits per heavy atom. The van der Waals surface area contributed by atoms with Crippen molar-refractivity contribution in [2.75, 3.05) is 18.6 Å². The molecule has 2 aromatic rings. The number of ether oxygens (including phenoxy) is 1. The number of rotatable bonds is 4. The SMILES string of the molecule is CCCOc1ccc(/C=C2/C(=O)N(C)c3ccccc32)cc1. The molecule has 0 radical (unpaired) electrons. The number of amides is 1. The van der Waals surface area contributed by atoms with E-state index in [1.165, 1.54) is 0 Å². The molecule has 2 aromatic carbocycles. The Kier molecular flexibility index (Phi) is 3.96. The van der Waals surface area contributed by atoms with Crippen LogP contribution in [0, 0.1) is 0 Å². The van der Waals surface area contributed by atoms with Crippen LogP contribution in [0.1, 0.15) is 24.5 Å². The van der Waals surface area contributed by atoms with E-state index in [0.29, 0.717) is 0 Å². The molecule has 3 rings (SSSR count). The number of hydrogen-bond donors (Lipinski definition) is 0. The summed E-state index contributed by atoms with van der Waals surface area (Å²) in [5.74, 6) is 0.895. The van der Waals surface area contributed by atoms with Crippen molar-refractivity contribution in [2.45, 2.75) is 13.3 Å². The zero-order valence-electron chi connectivity index (χ0n) is 12.9. The highest BCUT2D eigenvalue weighted by atomic mass is 16.5. The maximum Gasteiger partial charge on any atom is 0.258 e. The van der Waals surface area contributed by atoms with E-state index < -0.39 is 0 Å². The minimum absolute atomic E-state index is 0.0347. The highest BCUT2D eigenvalue weighted by Crippen LogP contribution is 2.36. The molecule has 0 saturated heterocycles. The lowest BCUT2D eigenvalue weighted by atomic mass is 10.0. The molecule has 0 fully saturated rings. The van der Waals surface area contributed by atoms with Crippen molar-refractivity contribution < 1.29 is 9.53 Å². The summed E-state index contributed by atoms with van der Waals surface area (Å²) >= 11 is 0. The van der Waals surface area contributed by atoms with Gasteiger partial charge in [-0.1, -0.05) is 37.3 Å². The number of benzene rings is 2. The van der Waals surface area contributed by atoms with Gasteiger partial charge in [0.05, 0.1) is 12.3 Å². The molecule has 3 heteroatoms. The van der Waals surface area contributed by atoms with Gasteiger partial charge < -0.3 is 9.64 Å². The molecule has 0 aromatic heterocycles. The van der Waals surface area contributed by atoms with Gasteiger partial charge in [0.15, 0.2) is 0 Å². The first-order valence-electron chi connectivity index (χ1n) is 7.52. The Hall–Kier alpha value is -2.55. The molecule has 3 nitrogen and oxygen atoms in total. The second-order valence-corrected chi connectivity index (χ2v) is 5.36. The average molecular weight is 293 g/mol. The van der Waals surface area contributed by atoms with Crippen LogP contribution in [0.5, 0.6) is 5.75 Å². The monoisotopic (exact) mass is 293 g/mol. The minimum Gasteiger partial charge on any atom is -0.494 e. The van der Waals surface area contributed by atoms with Crippen molar-refractivity contribution >= 4 is 23.2 Å². The lowest BCUT2D eigenvalue weighted by Crippen LogP contribution is -2.20. The molecule has 0 saturated carbocycles. The third-order valence-electron chi connectivity index (χ3n) is 3.75. The largest absolute Gasteiger partial charge is 0.494 e. The fraction of sp³-hybridized carbons (Fsp3) is 0.211. The van der Waals surface area contributed by atoms with Crippen LogP contribution in [0.2, 0.25) is 0 Å². The number of carbonyl (C=O) groups excluding carboxylic acids is 1. The summed E-state index contributed by atoms with van der Waals surface area (Å²) in [7, 11) is 1.81. The van der Waals surface area contributed by atoms with Gasteiger partial charge in [-0.3, -0.25) is 4.79 Å². The number of fused-ring (bicyclic) bond motifs is 1. The smallest absolute Gasteiger partial charge is 0.258 e. The van der Waals surface area contributed by atoms with Crippen LogP contribution in [0.15, 0.2) is 48.5 Å². The molecular formula is C19H19NO2. The lowest BCUT2D eigenvalue weighted by Gasteiger charge is -2.08. The Labute approximate surface area is 130 Å². The van der Waals surface area contributed by atoms with Crippen molar-refractivity contribution in [3.05, 3.63) is 59.7 Å². The Bertz CT molecular complexity index is 716. The van der Waals surface area contributed by atoms with Gasteiger partial charge in [0.1, 0.15) is 5.75 Å². The first-order chi connectivity index (χ1) is 10.7. The van der Waals surface area contributed by atoms with Crippen LogP contribution >= 0.6 is 0 Å². The van der Waals surface area contributed by atoms with E-state index in [4.69, 9.17) is 4.74 Å². The van der Waals surface area contributed by atoms with Crippen molar-refractivity contribution in [2.24, 2.45) is 0 Å². The van der Waals surface area contributed by atoms with E-state index in [2.05, 4.69) is 6.92 Å². The Morgan fingerprint density at radius 1 is 1.09 bits per heavy atom. The molecule has 0 spiro atoms. The van der Waals surface area contributed by atoms with Crippen molar-refractivity contribution in [3.8, 4) is 5.75 Å². The summed E-state index contributed by atoms with van der Waals surface area (Å²) in [6.45, 7) is 2.80. The zero-order valence-corrected chi connectivity index (χ0v) is 12.9. The normalized spacial score (nSPS) is 15.3. The number of para-hydroxylation sites is 1. The Morgan fingerprint density at radius 3 is 2.55 bits per heavy atom. The van der Waals surface area contributed by atoms with E-state index in [-0.39, 0.29) is 5.91 Å². The van der Waals surface area contributed by atoms with Crippen LogP contribution in [-0.4, -0.2) is 19.6 Å². The maximum atomic E-state index is 12.4. The summed E-state index contributed by atoms with van der Waals surface area (Å²) in [6.07, 6.45) is 2.93. The van der Waals surface area contributed by atoms with Gasteiger partial charge in [0, 0.05) is 18.2 Å². The summed E-state index contributed by atoms with van der Waals surface area (Å²) in [4.78, 5) is 14.1. The second kappa shape index (κ2) is 6.06. The van der Waals surface area contributed by atoms with Gasteiger partial charge >= 0.3 is 0 Å². The van der Waals surface area contributed by atoms with Crippen LogP contribution in [-0.2, 0) is 4.79 Å². The highest BCUT2D eigenvalue weighted by molar-refractivity contribution is 6.35. The maximum absolute atomic E-state index is 12.4. The predicted octanol–water partition coefficient (Wildman–Crippen LogP) is 3.99. The molecule has 0 unspecified atom stereocenters. The quantitative estimate of drug-likeness (QED) is 0.798. The zero-order chi connectivity index (χ0) is 15.5. The van der Waals surface area contributed by atoms with E-state index >= 15 is 0 Å². The van der Waals surface area contributed by atoms with Gasteiger partial charge in [-0.15, -0.1) is 0 Å². The summed E-state index contributed by atoms with van der Waals surface area (Å²) in [6, 6.07) is 15.7. The van der Waals surface area contributed by atoms with E-state index in [9.17, 15) is 4.79 Å². The molecule has 1 heterocycles. The molecule has 112 valence electrons. The molecule has 1 aliphatic rings. The molecule has 0 bridgehead atoms. The molecule has 1 aliphatic heterocycles. The highest BCUT2D eigenvalue weighted by Gasteiger charge is 2.28. The first kappa shape index (κ1) is 14.4. The van der Waals surface area contributed by atoms with Gasteiger partial charge in [-0.2, -0.15) is 0 Å². The van der Waals surface area contributed by atoms with Crippen molar-refractivity contribution in [1.82, 2.24) is 0 Å². The molecule has 0 aliphatic carbocycles. The van der Waals surface area contributed by atoms with Crippen LogP contribution in [0.25, 0.3) is 11.6 Å². The number of likely N-dealkylation sites (N-methyl/N-ethyl adjacent to an activating group) is 1. The van der Waals surface area contributed by atoms with Crippen LogP contribution in [0.4, 0.5) is 5.69 Å². The number of carbonyl (C=O) groups is 1. The van der Waals surface area contributed by atoms with Gasteiger partial charge in [0.25, 0.3) is 5.91 Å². The fourth-order valence-electron chi connectivity index (χ4n) is 2.59. The van der Waals surface area contributed by atoms with E-state index in [0.717, 1.165) is 41.2 Å². The van der Waals surface area contributed by atoms with Crippen molar-refractivity contribution in [3.63, 3.8) is 0 Å². The van der Waals surface area contributed by atoms with Gasteiger partial charge in [-0.05, 0) is 36.3 Å². The number of anilines is 1.